The average molecular weight is 278 g/mol. The van der Waals surface area contributed by atoms with E-state index in [0.29, 0.717) is 0 Å². The van der Waals surface area contributed by atoms with Gasteiger partial charge in [-0.05, 0) is 49.4 Å². The summed E-state index contributed by atoms with van der Waals surface area (Å²) in [6.07, 6.45) is 7.22. The van der Waals surface area contributed by atoms with Crippen LogP contribution in [-0.4, -0.2) is 36.1 Å². The minimum absolute atomic E-state index is 0.757. The van der Waals surface area contributed by atoms with Crippen molar-refractivity contribution in [3.8, 4) is 0 Å². The minimum Gasteiger partial charge on any atom is -0.311 e. The van der Waals surface area contributed by atoms with Gasteiger partial charge in [0.25, 0.3) is 0 Å². The molecule has 116 valence electrons. The molecule has 1 N–H and O–H groups in total. The molecule has 3 rings (SSSR count). The Morgan fingerprint density at radius 1 is 1.15 bits per heavy atom. The third-order valence-electron chi connectivity index (χ3n) is 6.52. The maximum absolute atomic E-state index is 3.86. The number of nitrogens with zero attached hydrogens (tertiary/aromatic N) is 1. The Kier molecular flexibility index (Phi) is 4.42. The molecule has 0 radical (unpaired) electrons. The van der Waals surface area contributed by atoms with Crippen LogP contribution >= 0.6 is 0 Å². The van der Waals surface area contributed by atoms with Crippen molar-refractivity contribution in [2.24, 2.45) is 23.7 Å². The topological polar surface area (TPSA) is 15.3 Å². The van der Waals surface area contributed by atoms with Gasteiger partial charge in [0.2, 0.25) is 0 Å². The van der Waals surface area contributed by atoms with Crippen LogP contribution in [0.3, 0.4) is 0 Å². The van der Waals surface area contributed by atoms with Crippen LogP contribution < -0.4 is 5.32 Å². The SMILES string of the molecule is CCC1CCC(N2CC(C3CC3)NCC2C(C)C)C1C. The van der Waals surface area contributed by atoms with Crippen molar-refractivity contribution in [2.45, 2.75) is 77.9 Å². The van der Waals surface area contributed by atoms with Crippen LogP contribution in [0, 0.1) is 23.7 Å². The molecule has 1 saturated heterocycles. The summed E-state index contributed by atoms with van der Waals surface area (Å²) in [6, 6.07) is 2.40. The Balaban J connectivity index is 1.71. The van der Waals surface area contributed by atoms with Gasteiger partial charge in [-0.2, -0.15) is 0 Å². The monoisotopic (exact) mass is 278 g/mol. The fourth-order valence-electron chi connectivity index (χ4n) is 4.90. The summed E-state index contributed by atoms with van der Waals surface area (Å²) < 4.78 is 0. The Bertz CT molecular complexity index is 323. The molecular weight excluding hydrogens is 244 g/mol. The van der Waals surface area contributed by atoms with Crippen molar-refractivity contribution in [1.82, 2.24) is 10.2 Å². The molecule has 1 heterocycles. The van der Waals surface area contributed by atoms with Gasteiger partial charge >= 0.3 is 0 Å². The van der Waals surface area contributed by atoms with E-state index in [-0.39, 0.29) is 0 Å². The first-order valence-electron chi connectivity index (χ1n) is 9.11. The van der Waals surface area contributed by atoms with E-state index in [1.165, 1.54) is 45.2 Å². The molecule has 2 nitrogen and oxygen atoms in total. The van der Waals surface area contributed by atoms with Gasteiger partial charge < -0.3 is 5.32 Å². The largest absolute Gasteiger partial charge is 0.311 e. The van der Waals surface area contributed by atoms with Gasteiger partial charge in [-0.25, -0.2) is 0 Å². The zero-order valence-corrected chi connectivity index (χ0v) is 13.9. The Morgan fingerprint density at radius 3 is 2.45 bits per heavy atom. The highest BCUT2D eigenvalue weighted by molar-refractivity contribution is 5.00. The van der Waals surface area contributed by atoms with Crippen LogP contribution in [-0.2, 0) is 0 Å². The molecule has 2 heteroatoms. The van der Waals surface area contributed by atoms with Crippen LogP contribution in [0.1, 0.15) is 59.8 Å². The molecule has 20 heavy (non-hydrogen) atoms. The lowest BCUT2D eigenvalue weighted by Gasteiger charge is -2.47. The third-order valence-corrected chi connectivity index (χ3v) is 6.52. The quantitative estimate of drug-likeness (QED) is 0.846. The molecule has 2 aliphatic carbocycles. The summed E-state index contributed by atoms with van der Waals surface area (Å²) in [4.78, 5) is 2.94. The van der Waals surface area contributed by atoms with E-state index < -0.39 is 0 Å². The van der Waals surface area contributed by atoms with Crippen molar-refractivity contribution in [2.75, 3.05) is 13.1 Å². The fraction of sp³-hybridized carbons (Fsp3) is 1.00. The van der Waals surface area contributed by atoms with Gasteiger partial charge in [0.1, 0.15) is 0 Å². The van der Waals surface area contributed by atoms with Gasteiger partial charge in [-0.15, -0.1) is 0 Å². The van der Waals surface area contributed by atoms with E-state index in [9.17, 15) is 0 Å². The molecule has 5 unspecified atom stereocenters. The first kappa shape index (κ1) is 14.8. The zero-order chi connectivity index (χ0) is 14.3. The summed E-state index contributed by atoms with van der Waals surface area (Å²) in [5, 5.41) is 3.86. The molecule has 0 bridgehead atoms. The van der Waals surface area contributed by atoms with E-state index in [1.54, 1.807) is 0 Å². The van der Waals surface area contributed by atoms with E-state index in [0.717, 1.165) is 41.8 Å². The average Bonchev–Trinajstić information content (AvgIpc) is 3.22. The lowest BCUT2D eigenvalue weighted by molar-refractivity contribution is 0.0334. The van der Waals surface area contributed by atoms with E-state index in [1.807, 2.05) is 0 Å². The van der Waals surface area contributed by atoms with Crippen LogP contribution in [0.5, 0.6) is 0 Å². The highest BCUT2D eigenvalue weighted by atomic mass is 15.3. The third kappa shape index (κ3) is 2.78. The second kappa shape index (κ2) is 5.96. The summed E-state index contributed by atoms with van der Waals surface area (Å²) in [5.74, 6) is 3.64. The molecule has 0 amide bonds. The fourth-order valence-corrected chi connectivity index (χ4v) is 4.90. The van der Waals surface area contributed by atoms with Crippen LogP contribution in [0.15, 0.2) is 0 Å². The highest BCUT2D eigenvalue weighted by Crippen LogP contribution is 2.41. The zero-order valence-electron chi connectivity index (χ0n) is 13.9. The van der Waals surface area contributed by atoms with Gasteiger partial charge in [-0.3, -0.25) is 4.90 Å². The molecule has 0 aromatic carbocycles. The van der Waals surface area contributed by atoms with Gasteiger partial charge in [0.05, 0.1) is 0 Å². The van der Waals surface area contributed by atoms with Crippen LogP contribution in [0.4, 0.5) is 0 Å². The van der Waals surface area contributed by atoms with Gasteiger partial charge in [0.15, 0.2) is 0 Å². The lowest BCUT2D eigenvalue weighted by atomic mass is 9.89. The smallest absolute Gasteiger partial charge is 0.0247 e. The molecule has 0 aromatic rings. The predicted octanol–water partition coefficient (Wildman–Crippen LogP) is 3.52. The van der Waals surface area contributed by atoms with Crippen LogP contribution in [0.25, 0.3) is 0 Å². The van der Waals surface area contributed by atoms with E-state index in [4.69, 9.17) is 0 Å². The standard InChI is InChI=1S/C18H34N2/c1-5-14-8-9-17(13(14)4)20-11-16(15-6-7-15)19-10-18(20)12(2)3/h12-19H,5-11H2,1-4H3. The lowest BCUT2D eigenvalue weighted by Crippen LogP contribution is -2.62. The van der Waals surface area contributed by atoms with E-state index >= 15 is 0 Å². The molecule has 2 saturated carbocycles. The number of nitrogens with one attached hydrogen (secondary N) is 1. The molecular formula is C18H34N2. The van der Waals surface area contributed by atoms with Crippen molar-refractivity contribution in [3.63, 3.8) is 0 Å². The van der Waals surface area contributed by atoms with Crippen molar-refractivity contribution in [1.29, 1.82) is 0 Å². The summed E-state index contributed by atoms with van der Waals surface area (Å²) >= 11 is 0. The van der Waals surface area contributed by atoms with Crippen molar-refractivity contribution >= 4 is 0 Å². The Morgan fingerprint density at radius 2 is 1.90 bits per heavy atom. The van der Waals surface area contributed by atoms with Crippen molar-refractivity contribution in [3.05, 3.63) is 0 Å². The highest BCUT2D eigenvalue weighted by Gasteiger charge is 2.44. The number of piperazine rings is 1. The number of hydrogen-bond acceptors (Lipinski definition) is 2. The maximum atomic E-state index is 3.86. The molecule has 0 spiro atoms. The molecule has 3 fully saturated rings. The summed E-state index contributed by atoms with van der Waals surface area (Å²) in [6.45, 7) is 12.3. The number of hydrogen-bond donors (Lipinski definition) is 1. The van der Waals surface area contributed by atoms with Crippen molar-refractivity contribution < 1.29 is 0 Å². The van der Waals surface area contributed by atoms with Crippen LogP contribution in [0.2, 0.25) is 0 Å². The molecule has 1 aliphatic heterocycles. The molecule has 5 atom stereocenters. The van der Waals surface area contributed by atoms with Gasteiger partial charge in [0, 0.05) is 31.2 Å². The normalized spacial score (nSPS) is 43.4. The maximum Gasteiger partial charge on any atom is 0.0247 e. The first-order valence-corrected chi connectivity index (χ1v) is 9.11. The predicted molar refractivity (Wildman–Crippen MR) is 85.8 cm³/mol. The molecule has 0 aromatic heterocycles. The Labute approximate surface area is 125 Å². The minimum atomic E-state index is 0.757. The molecule has 3 aliphatic rings. The summed E-state index contributed by atoms with van der Waals surface area (Å²) in [7, 11) is 0. The Hall–Kier alpha value is -0.0800. The van der Waals surface area contributed by atoms with Gasteiger partial charge in [-0.1, -0.05) is 34.1 Å². The summed E-state index contributed by atoms with van der Waals surface area (Å²) in [5.41, 5.74) is 0. The second-order valence-corrected chi connectivity index (χ2v) is 8.03. The van der Waals surface area contributed by atoms with E-state index in [2.05, 4.69) is 37.9 Å². The number of rotatable bonds is 4. The second-order valence-electron chi connectivity index (χ2n) is 8.03. The first-order chi connectivity index (χ1) is 9.61.